The van der Waals surface area contributed by atoms with Gasteiger partial charge < -0.3 is 20.4 Å². The number of aromatic nitrogens is 1. The maximum absolute atomic E-state index is 14.2. The summed E-state index contributed by atoms with van der Waals surface area (Å²) in [5, 5.41) is 6.30. The molecule has 7 heteroatoms. The third-order valence-corrected chi connectivity index (χ3v) is 5.53. The topological polar surface area (TPSA) is 83.2 Å². The maximum atomic E-state index is 14.2. The number of benzene rings is 2. The predicted octanol–water partition coefficient (Wildman–Crippen LogP) is 5.09. The molecule has 0 aliphatic heterocycles. The number of hydrogen-bond donors (Lipinski definition) is 3. The van der Waals surface area contributed by atoms with Crippen LogP contribution in [0.5, 0.6) is 5.75 Å². The van der Waals surface area contributed by atoms with Crippen molar-refractivity contribution in [3.63, 3.8) is 0 Å². The molecule has 156 valence electrons. The molecule has 0 radical (unpaired) electrons. The monoisotopic (exact) mass is 409 g/mol. The third kappa shape index (κ3) is 4.30. The molecular weight excluding hydrogens is 385 g/mol. The molecule has 4 rings (SSSR count). The van der Waals surface area contributed by atoms with Gasteiger partial charge in [0.25, 0.3) is 5.91 Å². The van der Waals surface area contributed by atoms with Crippen LogP contribution in [-0.2, 0) is 4.79 Å². The van der Waals surface area contributed by atoms with E-state index in [1.165, 1.54) is 18.2 Å². The first-order chi connectivity index (χ1) is 14.5. The van der Waals surface area contributed by atoms with Crippen molar-refractivity contribution in [3.05, 3.63) is 54.0 Å². The molecule has 30 heavy (non-hydrogen) atoms. The van der Waals surface area contributed by atoms with Crippen molar-refractivity contribution in [2.75, 3.05) is 17.7 Å². The van der Waals surface area contributed by atoms with E-state index in [-0.39, 0.29) is 23.4 Å². The van der Waals surface area contributed by atoms with E-state index in [9.17, 15) is 14.0 Å². The third-order valence-electron chi connectivity index (χ3n) is 5.53. The number of hydrogen-bond acceptors (Lipinski definition) is 3. The van der Waals surface area contributed by atoms with E-state index in [0.717, 1.165) is 43.0 Å². The van der Waals surface area contributed by atoms with Crippen LogP contribution in [0.2, 0.25) is 0 Å². The van der Waals surface area contributed by atoms with Gasteiger partial charge in [-0.2, -0.15) is 0 Å². The summed E-state index contributed by atoms with van der Waals surface area (Å²) in [6.45, 7) is 0. The van der Waals surface area contributed by atoms with E-state index >= 15 is 0 Å². The second-order valence-electron chi connectivity index (χ2n) is 7.61. The average Bonchev–Trinajstić information content (AvgIpc) is 3.20. The number of fused-ring (bicyclic) bond motifs is 1. The zero-order valence-corrected chi connectivity index (χ0v) is 16.8. The summed E-state index contributed by atoms with van der Waals surface area (Å²) in [7, 11) is 1.58. The Labute approximate surface area is 173 Å². The van der Waals surface area contributed by atoms with Gasteiger partial charge in [0.2, 0.25) is 5.91 Å². The fourth-order valence-electron chi connectivity index (χ4n) is 3.85. The lowest BCUT2D eigenvalue weighted by Crippen LogP contribution is -2.25. The molecule has 0 atom stereocenters. The Hall–Kier alpha value is -3.35. The zero-order valence-electron chi connectivity index (χ0n) is 16.8. The van der Waals surface area contributed by atoms with E-state index in [4.69, 9.17) is 4.74 Å². The van der Waals surface area contributed by atoms with E-state index in [0.29, 0.717) is 17.1 Å². The van der Waals surface area contributed by atoms with Crippen molar-refractivity contribution in [2.24, 2.45) is 5.92 Å². The molecule has 3 aromatic rings. The van der Waals surface area contributed by atoms with Crippen molar-refractivity contribution in [1.29, 1.82) is 0 Å². The Morgan fingerprint density at radius 3 is 2.60 bits per heavy atom. The van der Waals surface area contributed by atoms with Crippen LogP contribution in [0.1, 0.15) is 42.6 Å². The average molecular weight is 409 g/mol. The van der Waals surface area contributed by atoms with E-state index in [1.807, 2.05) is 18.2 Å². The Morgan fingerprint density at radius 1 is 1.03 bits per heavy atom. The minimum atomic E-state index is -0.533. The van der Waals surface area contributed by atoms with Crippen molar-refractivity contribution in [1.82, 2.24) is 4.98 Å². The number of H-pyrrole nitrogens is 1. The Kier molecular flexibility index (Phi) is 5.70. The second-order valence-corrected chi connectivity index (χ2v) is 7.61. The molecule has 1 aliphatic rings. The summed E-state index contributed by atoms with van der Waals surface area (Å²) in [4.78, 5) is 28.2. The largest absolute Gasteiger partial charge is 0.497 e. The van der Waals surface area contributed by atoms with Gasteiger partial charge >= 0.3 is 0 Å². The Morgan fingerprint density at radius 2 is 1.83 bits per heavy atom. The summed E-state index contributed by atoms with van der Waals surface area (Å²) >= 11 is 0. The molecule has 1 aromatic heterocycles. The van der Waals surface area contributed by atoms with Gasteiger partial charge in [-0.1, -0.05) is 19.3 Å². The van der Waals surface area contributed by atoms with Gasteiger partial charge in [-0.05, 0) is 49.2 Å². The van der Waals surface area contributed by atoms with E-state index in [1.54, 1.807) is 13.2 Å². The molecule has 1 saturated carbocycles. The smallest absolute Gasteiger partial charge is 0.272 e. The number of carbonyl (C=O) groups excluding carboxylic acids is 2. The highest BCUT2D eigenvalue weighted by molar-refractivity contribution is 6.06. The first kappa shape index (κ1) is 19.9. The standard InChI is InChI=1S/C23H24FN3O3/c1-30-17-9-7-15-11-21(26-19(15)13-17)23(29)25-16-8-10-18(24)20(12-16)27-22(28)14-5-3-2-4-6-14/h7-14,26H,2-6H2,1H3,(H,25,29)(H,27,28). The van der Waals surface area contributed by atoms with Crippen LogP contribution < -0.4 is 15.4 Å². The van der Waals surface area contributed by atoms with Gasteiger partial charge in [-0.15, -0.1) is 0 Å². The van der Waals surface area contributed by atoms with Gasteiger partial charge in [0.05, 0.1) is 12.8 Å². The number of methoxy groups -OCH3 is 1. The van der Waals surface area contributed by atoms with Crippen LogP contribution in [0.4, 0.5) is 15.8 Å². The van der Waals surface area contributed by atoms with Crippen LogP contribution in [0, 0.1) is 11.7 Å². The molecule has 3 N–H and O–H groups in total. The molecule has 1 fully saturated rings. The lowest BCUT2D eigenvalue weighted by Gasteiger charge is -2.21. The minimum Gasteiger partial charge on any atom is -0.497 e. The summed E-state index contributed by atoms with van der Waals surface area (Å²) in [6.07, 6.45) is 4.84. The highest BCUT2D eigenvalue weighted by Gasteiger charge is 2.22. The maximum Gasteiger partial charge on any atom is 0.272 e. The molecule has 1 aliphatic carbocycles. The highest BCUT2D eigenvalue weighted by atomic mass is 19.1. The fourth-order valence-corrected chi connectivity index (χ4v) is 3.85. The van der Waals surface area contributed by atoms with Crippen molar-refractivity contribution < 1.29 is 18.7 Å². The summed E-state index contributed by atoms with van der Waals surface area (Å²) in [6, 6.07) is 11.4. The van der Waals surface area contributed by atoms with Crippen LogP contribution in [0.25, 0.3) is 10.9 Å². The zero-order chi connectivity index (χ0) is 21.1. The number of ether oxygens (including phenoxy) is 1. The molecule has 0 saturated heterocycles. The Bertz CT molecular complexity index is 1090. The molecule has 2 aromatic carbocycles. The first-order valence-corrected chi connectivity index (χ1v) is 10.1. The first-order valence-electron chi connectivity index (χ1n) is 10.1. The van der Waals surface area contributed by atoms with E-state index in [2.05, 4.69) is 15.6 Å². The summed E-state index contributed by atoms with van der Waals surface area (Å²) < 4.78 is 19.4. The van der Waals surface area contributed by atoms with Crippen LogP contribution in [0.15, 0.2) is 42.5 Å². The molecule has 0 bridgehead atoms. The van der Waals surface area contributed by atoms with Crippen molar-refractivity contribution >= 4 is 34.1 Å². The van der Waals surface area contributed by atoms with Crippen molar-refractivity contribution in [2.45, 2.75) is 32.1 Å². The molecular formula is C23H24FN3O3. The number of aromatic amines is 1. The Balaban J connectivity index is 1.48. The van der Waals surface area contributed by atoms with Crippen molar-refractivity contribution in [3.8, 4) is 5.75 Å². The van der Waals surface area contributed by atoms with Crippen LogP contribution >= 0.6 is 0 Å². The number of halogens is 1. The van der Waals surface area contributed by atoms with Crippen LogP contribution in [-0.4, -0.2) is 23.9 Å². The van der Waals surface area contributed by atoms with E-state index < -0.39 is 5.82 Å². The normalized spacial score (nSPS) is 14.5. The molecule has 1 heterocycles. The lowest BCUT2D eigenvalue weighted by molar-refractivity contribution is -0.120. The highest BCUT2D eigenvalue weighted by Crippen LogP contribution is 2.27. The number of rotatable bonds is 5. The SMILES string of the molecule is COc1ccc2cc(C(=O)Nc3ccc(F)c(NC(=O)C4CCCCC4)c3)[nH]c2c1. The van der Waals surface area contributed by atoms with Gasteiger partial charge in [-0.3, -0.25) is 9.59 Å². The molecule has 6 nitrogen and oxygen atoms in total. The van der Waals surface area contributed by atoms with Gasteiger partial charge in [0.1, 0.15) is 17.3 Å². The molecule has 2 amide bonds. The van der Waals surface area contributed by atoms with Crippen LogP contribution in [0.3, 0.4) is 0 Å². The summed E-state index contributed by atoms with van der Waals surface area (Å²) in [5.74, 6) is -0.453. The number of carbonyl (C=O) groups is 2. The predicted molar refractivity (Wildman–Crippen MR) is 114 cm³/mol. The molecule has 0 spiro atoms. The lowest BCUT2D eigenvalue weighted by atomic mass is 9.88. The summed E-state index contributed by atoms with van der Waals surface area (Å²) in [5.41, 5.74) is 1.62. The van der Waals surface area contributed by atoms with Gasteiger partial charge in [0, 0.05) is 28.6 Å². The van der Waals surface area contributed by atoms with Gasteiger partial charge in [0.15, 0.2) is 0 Å². The number of anilines is 2. The quantitative estimate of drug-likeness (QED) is 0.549. The van der Waals surface area contributed by atoms with Gasteiger partial charge in [-0.25, -0.2) is 4.39 Å². The minimum absolute atomic E-state index is 0.0738. The number of amides is 2. The number of nitrogens with one attached hydrogen (secondary N) is 3. The molecule has 0 unspecified atom stereocenters. The second kappa shape index (κ2) is 8.57. The fraction of sp³-hybridized carbons (Fsp3) is 0.304.